The highest BCUT2D eigenvalue weighted by molar-refractivity contribution is 5.56. The van der Waals surface area contributed by atoms with E-state index in [1.54, 1.807) is 6.07 Å². The number of non-ortho nitro benzene ring substituents is 1. The molecule has 1 aliphatic heterocycles. The topological polar surface area (TPSA) is 85.7 Å². The van der Waals surface area contributed by atoms with Crippen molar-refractivity contribution >= 4 is 11.4 Å². The minimum absolute atomic E-state index is 0.0103. The molecular formula is C14H21N3O4. The Morgan fingerprint density at radius 3 is 2.81 bits per heavy atom. The smallest absolute Gasteiger partial charge is 0.275 e. The number of ether oxygens (including phenoxy) is 2. The summed E-state index contributed by atoms with van der Waals surface area (Å²) in [5.41, 5.74) is 0.672. The largest absolute Gasteiger partial charge is 0.496 e. The molecule has 0 radical (unpaired) electrons. The standard InChI is InChI=1S/C14H21N3O4/c1-20-14-9-11(8-12(10-14)17(18)19)16-6-7-21-13-2-4-15-5-3-13/h8-10,13,15-16H,2-7H2,1H3. The van der Waals surface area contributed by atoms with E-state index in [-0.39, 0.29) is 5.69 Å². The fraction of sp³-hybridized carbons (Fsp3) is 0.571. The molecular weight excluding hydrogens is 274 g/mol. The molecule has 2 rings (SSSR count). The van der Waals surface area contributed by atoms with Crippen molar-refractivity contribution < 1.29 is 14.4 Å². The second-order valence-electron chi connectivity index (χ2n) is 4.92. The number of piperidine rings is 1. The summed E-state index contributed by atoms with van der Waals surface area (Å²) in [5, 5.41) is 17.3. The number of hydrogen-bond donors (Lipinski definition) is 2. The molecule has 0 atom stereocenters. The second kappa shape index (κ2) is 7.80. The van der Waals surface area contributed by atoms with Crippen LogP contribution in [0.3, 0.4) is 0 Å². The number of hydrogen-bond acceptors (Lipinski definition) is 6. The fourth-order valence-corrected chi connectivity index (χ4v) is 2.29. The number of methoxy groups -OCH3 is 1. The van der Waals surface area contributed by atoms with Crippen LogP contribution in [-0.2, 0) is 4.74 Å². The lowest BCUT2D eigenvalue weighted by Gasteiger charge is -2.23. The first kappa shape index (κ1) is 15.5. The monoisotopic (exact) mass is 295 g/mol. The van der Waals surface area contributed by atoms with Gasteiger partial charge >= 0.3 is 0 Å². The number of nitro groups is 1. The summed E-state index contributed by atoms with van der Waals surface area (Å²) in [6.45, 7) is 3.18. The molecule has 0 saturated carbocycles. The lowest BCUT2D eigenvalue weighted by Crippen LogP contribution is -2.33. The van der Waals surface area contributed by atoms with Crippen molar-refractivity contribution in [2.24, 2.45) is 0 Å². The predicted octanol–water partition coefficient (Wildman–Crippen LogP) is 1.78. The summed E-state index contributed by atoms with van der Waals surface area (Å²) in [4.78, 5) is 10.4. The fourth-order valence-electron chi connectivity index (χ4n) is 2.29. The Morgan fingerprint density at radius 2 is 2.14 bits per heavy atom. The quantitative estimate of drug-likeness (QED) is 0.453. The van der Waals surface area contributed by atoms with E-state index in [0.717, 1.165) is 25.9 Å². The Labute approximate surface area is 123 Å². The first-order valence-electron chi connectivity index (χ1n) is 7.08. The van der Waals surface area contributed by atoms with Crippen LogP contribution in [0, 0.1) is 10.1 Å². The van der Waals surface area contributed by atoms with E-state index in [2.05, 4.69) is 10.6 Å². The molecule has 7 heteroatoms. The van der Waals surface area contributed by atoms with Crippen molar-refractivity contribution in [3.05, 3.63) is 28.3 Å². The Kier molecular flexibility index (Phi) is 5.77. The van der Waals surface area contributed by atoms with Crippen molar-refractivity contribution in [1.82, 2.24) is 5.32 Å². The van der Waals surface area contributed by atoms with Gasteiger partial charge in [-0.15, -0.1) is 0 Å². The van der Waals surface area contributed by atoms with Crippen LogP contribution in [-0.4, -0.2) is 44.4 Å². The Bertz CT molecular complexity index is 475. The molecule has 1 aromatic carbocycles. The number of benzene rings is 1. The maximum atomic E-state index is 10.8. The molecule has 1 saturated heterocycles. The Hall–Kier alpha value is -1.86. The number of nitrogens with one attached hydrogen (secondary N) is 2. The Morgan fingerprint density at radius 1 is 1.38 bits per heavy atom. The molecule has 0 aromatic heterocycles. The normalized spacial score (nSPS) is 15.7. The summed E-state index contributed by atoms with van der Waals surface area (Å²) in [7, 11) is 1.49. The zero-order chi connectivity index (χ0) is 15.1. The lowest BCUT2D eigenvalue weighted by molar-refractivity contribution is -0.384. The third-order valence-electron chi connectivity index (χ3n) is 3.41. The first-order chi connectivity index (χ1) is 10.2. The van der Waals surface area contributed by atoms with Gasteiger partial charge in [-0.3, -0.25) is 10.1 Å². The van der Waals surface area contributed by atoms with Gasteiger partial charge in [0.2, 0.25) is 0 Å². The van der Waals surface area contributed by atoms with Gasteiger partial charge in [-0.2, -0.15) is 0 Å². The molecule has 21 heavy (non-hydrogen) atoms. The molecule has 0 bridgehead atoms. The highest BCUT2D eigenvalue weighted by Crippen LogP contribution is 2.25. The molecule has 0 aliphatic carbocycles. The zero-order valence-electron chi connectivity index (χ0n) is 12.1. The van der Waals surface area contributed by atoms with E-state index in [0.29, 0.717) is 30.7 Å². The first-order valence-corrected chi connectivity index (χ1v) is 7.08. The number of anilines is 1. The van der Waals surface area contributed by atoms with Crippen LogP contribution in [0.25, 0.3) is 0 Å². The van der Waals surface area contributed by atoms with Gasteiger partial charge in [0.25, 0.3) is 5.69 Å². The van der Waals surface area contributed by atoms with Crippen molar-refractivity contribution in [1.29, 1.82) is 0 Å². The molecule has 116 valence electrons. The summed E-state index contributed by atoms with van der Waals surface area (Å²) < 4.78 is 10.8. The maximum absolute atomic E-state index is 10.8. The van der Waals surface area contributed by atoms with Gasteiger partial charge in [-0.05, 0) is 25.9 Å². The lowest BCUT2D eigenvalue weighted by atomic mass is 10.1. The van der Waals surface area contributed by atoms with Gasteiger partial charge < -0.3 is 20.1 Å². The van der Waals surface area contributed by atoms with Crippen molar-refractivity contribution in [3.63, 3.8) is 0 Å². The average molecular weight is 295 g/mol. The highest BCUT2D eigenvalue weighted by Gasteiger charge is 2.13. The molecule has 0 unspecified atom stereocenters. The molecule has 0 spiro atoms. The highest BCUT2D eigenvalue weighted by atomic mass is 16.6. The van der Waals surface area contributed by atoms with Crippen LogP contribution in [0.5, 0.6) is 5.75 Å². The van der Waals surface area contributed by atoms with Crippen LogP contribution in [0.15, 0.2) is 18.2 Å². The Balaban J connectivity index is 1.81. The van der Waals surface area contributed by atoms with Crippen molar-refractivity contribution in [3.8, 4) is 5.75 Å². The summed E-state index contributed by atoms with van der Waals surface area (Å²) in [6, 6.07) is 4.63. The summed E-state index contributed by atoms with van der Waals surface area (Å²) >= 11 is 0. The second-order valence-corrected chi connectivity index (χ2v) is 4.92. The van der Waals surface area contributed by atoms with Crippen LogP contribution >= 0.6 is 0 Å². The van der Waals surface area contributed by atoms with E-state index in [4.69, 9.17) is 9.47 Å². The number of rotatable bonds is 7. The van der Waals surface area contributed by atoms with E-state index in [1.807, 2.05) is 0 Å². The van der Waals surface area contributed by atoms with Gasteiger partial charge in [-0.1, -0.05) is 0 Å². The van der Waals surface area contributed by atoms with Crippen LogP contribution in [0.2, 0.25) is 0 Å². The SMILES string of the molecule is COc1cc(NCCOC2CCNCC2)cc([N+](=O)[O-])c1. The molecule has 1 aliphatic rings. The average Bonchev–Trinajstić information content (AvgIpc) is 2.52. The van der Waals surface area contributed by atoms with Gasteiger partial charge in [0, 0.05) is 24.4 Å². The van der Waals surface area contributed by atoms with Crippen LogP contribution in [0.1, 0.15) is 12.8 Å². The molecule has 1 aromatic rings. The van der Waals surface area contributed by atoms with E-state index in [9.17, 15) is 10.1 Å². The van der Waals surface area contributed by atoms with Gasteiger partial charge in [0.05, 0.1) is 30.8 Å². The van der Waals surface area contributed by atoms with Gasteiger partial charge in [-0.25, -0.2) is 0 Å². The minimum atomic E-state index is -0.431. The molecule has 1 heterocycles. The summed E-state index contributed by atoms with van der Waals surface area (Å²) in [5.74, 6) is 0.464. The zero-order valence-corrected chi connectivity index (χ0v) is 12.1. The third kappa shape index (κ3) is 4.87. The van der Waals surface area contributed by atoms with Gasteiger partial charge in [0.15, 0.2) is 0 Å². The molecule has 0 amide bonds. The van der Waals surface area contributed by atoms with Crippen LogP contribution < -0.4 is 15.4 Å². The minimum Gasteiger partial charge on any atom is -0.496 e. The predicted molar refractivity (Wildman–Crippen MR) is 80.0 cm³/mol. The third-order valence-corrected chi connectivity index (χ3v) is 3.41. The van der Waals surface area contributed by atoms with Crippen molar-refractivity contribution in [2.45, 2.75) is 18.9 Å². The maximum Gasteiger partial charge on any atom is 0.275 e. The van der Waals surface area contributed by atoms with E-state index < -0.39 is 4.92 Å². The molecule has 7 nitrogen and oxygen atoms in total. The summed E-state index contributed by atoms with van der Waals surface area (Å²) in [6.07, 6.45) is 2.38. The van der Waals surface area contributed by atoms with Gasteiger partial charge in [0.1, 0.15) is 5.75 Å². The van der Waals surface area contributed by atoms with E-state index in [1.165, 1.54) is 19.2 Å². The molecule has 2 N–H and O–H groups in total. The number of nitrogens with zero attached hydrogens (tertiary/aromatic N) is 1. The number of nitro benzene ring substituents is 1. The van der Waals surface area contributed by atoms with E-state index >= 15 is 0 Å². The van der Waals surface area contributed by atoms with Crippen LogP contribution in [0.4, 0.5) is 11.4 Å². The molecule has 1 fully saturated rings. The van der Waals surface area contributed by atoms with Crippen molar-refractivity contribution in [2.75, 3.05) is 38.7 Å².